The van der Waals surface area contributed by atoms with Crippen molar-refractivity contribution < 1.29 is 34.1 Å². The Labute approximate surface area is 257 Å². The number of anilines is 1. The summed E-state index contributed by atoms with van der Waals surface area (Å²) in [5, 5.41) is 22.1. The highest BCUT2D eigenvalue weighted by atomic mass is 32.1. The van der Waals surface area contributed by atoms with E-state index in [0.29, 0.717) is 19.4 Å². The summed E-state index contributed by atoms with van der Waals surface area (Å²) >= 11 is 1.61. The smallest absolute Gasteiger partial charge is 0.336 e. The zero-order valence-corrected chi connectivity index (χ0v) is 26.0. The number of carboxylic acid groups (broad SMARTS) is 2. The molecule has 2 aromatic carbocycles. The second-order valence-electron chi connectivity index (χ2n) is 10.8. The number of ether oxygens (including phenoxy) is 2. The molecule has 3 rings (SSSR count). The predicted molar refractivity (Wildman–Crippen MR) is 168 cm³/mol. The summed E-state index contributed by atoms with van der Waals surface area (Å²) in [6.07, 6.45) is 2.61. The number of likely N-dealkylation sites (N-methyl/N-ethyl adjacent to an activating group) is 1. The Bertz CT molecular complexity index is 1350. The lowest BCUT2D eigenvalue weighted by molar-refractivity contribution is -0.175. The predicted octanol–water partition coefficient (Wildman–Crippen LogP) is 5.31. The maximum atomic E-state index is 13.3. The van der Waals surface area contributed by atoms with Crippen LogP contribution in [0, 0.1) is 13.8 Å². The van der Waals surface area contributed by atoms with Crippen LogP contribution in [0.3, 0.4) is 0 Å². The van der Waals surface area contributed by atoms with E-state index in [1.165, 1.54) is 21.6 Å². The number of carbonyl (C=O) groups excluding carboxylic acids is 1. The van der Waals surface area contributed by atoms with E-state index in [4.69, 9.17) is 14.6 Å². The summed E-state index contributed by atoms with van der Waals surface area (Å²) in [7, 11) is 1.60. The average Bonchev–Trinajstić information content (AvgIpc) is 3.44. The van der Waals surface area contributed by atoms with Crippen molar-refractivity contribution in [3.05, 3.63) is 58.6 Å². The zero-order valence-electron chi connectivity index (χ0n) is 25.2. The van der Waals surface area contributed by atoms with Crippen molar-refractivity contribution in [1.82, 2.24) is 9.88 Å². The molecule has 10 nitrogen and oxygen atoms in total. The van der Waals surface area contributed by atoms with E-state index >= 15 is 0 Å². The number of hydrogen-bond donors (Lipinski definition) is 3. The van der Waals surface area contributed by atoms with Crippen molar-refractivity contribution in [3.8, 4) is 0 Å². The van der Waals surface area contributed by atoms with Crippen LogP contribution in [0.25, 0.3) is 10.2 Å². The Morgan fingerprint density at radius 3 is 2.47 bits per heavy atom. The van der Waals surface area contributed by atoms with Crippen LogP contribution in [-0.4, -0.2) is 83.5 Å². The van der Waals surface area contributed by atoms with Gasteiger partial charge >= 0.3 is 11.9 Å². The van der Waals surface area contributed by atoms with Gasteiger partial charge < -0.3 is 29.9 Å². The molecule has 2 unspecified atom stereocenters. The normalized spacial score (nSPS) is 12.6. The summed E-state index contributed by atoms with van der Waals surface area (Å²) < 4.78 is 12.0. The molecular weight excluding hydrogens is 570 g/mol. The van der Waals surface area contributed by atoms with E-state index in [0.717, 1.165) is 54.6 Å². The van der Waals surface area contributed by atoms with Crippen LogP contribution >= 0.6 is 11.3 Å². The van der Waals surface area contributed by atoms with Crippen LogP contribution in [0.15, 0.2) is 41.9 Å². The number of aromatic nitrogens is 1. The lowest BCUT2D eigenvalue weighted by Gasteiger charge is -2.27. The molecule has 234 valence electrons. The minimum Gasteiger partial charge on any atom is -0.480 e. The summed E-state index contributed by atoms with van der Waals surface area (Å²) in [6, 6.07) is 12.5. The van der Waals surface area contributed by atoms with Gasteiger partial charge in [0.25, 0.3) is 5.91 Å². The standard InChI is InChI=1S/C32H43N3O7S/c1-22-11-12-24(18-23(22)2)10-6-4-9-17-41-29(30(32(39)40)42-20-28(36)37)31(38)35(3)16-8-5-7-15-33-25-13-14-27-26(19-25)34-21-43-27/h11-14,18-19,21,29-30,33H,4-10,15-17,20H2,1-3H3,(H,36,37)(H,39,40). The molecule has 0 saturated heterocycles. The van der Waals surface area contributed by atoms with Gasteiger partial charge in [-0.3, -0.25) is 4.79 Å². The lowest BCUT2D eigenvalue weighted by Crippen LogP contribution is -2.50. The number of hydrogen-bond acceptors (Lipinski definition) is 8. The Morgan fingerprint density at radius 1 is 0.930 bits per heavy atom. The SMILES string of the molecule is Cc1ccc(CCCCCOC(C(=O)N(C)CCCCCNc2ccc3scnc3c2)C(OCC(=O)O)C(=O)O)cc1C. The van der Waals surface area contributed by atoms with Gasteiger partial charge in [0.15, 0.2) is 12.2 Å². The van der Waals surface area contributed by atoms with Crippen molar-refractivity contribution in [2.75, 3.05) is 38.7 Å². The quantitative estimate of drug-likeness (QED) is 0.145. The molecule has 11 heteroatoms. The molecule has 0 saturated carbocycles. The fraction of sp³-hybridized carbons (Fsp3) is 0.500. The number of nitrogens with zero attached hydrogens (tertiary/aromatic N) is 2. The van der Waals surface area contributed by atoms with Crippen LogP contribution in [0.2, 0.25) is 0 Å². The number of carbonyl (C=O) groups is 3. The first-order valence-corrected chi connectivity index (χ1v) is 15.6. The van der Waals surface area contributed by atoms with E-state index in [9.17, 15) is 19.5 Å². The molecule has 2 atom stereocenters. The topological polar surface area (TPSA) is 138 Å². The Hall–Kier alpha value is -3.54. The van der Waals surface area contributed by atoms with Gasteiger partial charge in [0, 0.05) is 32.4 Å². The number of fused-ring (bicyclic) bond motifs is 1. The number of nitrogens with one attached hydrogen (secondary N) is 1. The van der Waals surface area contributed by atoms with Crippen LogP contribution in [-0.2, 0) is 30.3 Å². The number of amides is 1. The number of thiazole rings is 1. The summed E-state index contributed by atoms with van der Waals surface area (Å²) in [4.78, 5) is 42.0. The van der Waals surface area contributed by atoms with Crippen LogP contribution < -0.4 is 5.32 Å². The Kier molecular flexibility index (Phi) is 13.9. The van der Waals surface area contributed by atoms with E-state index in [1.54, 1.807) is 18.4 Å². The maximum Gasteiger partial charge on any atom is 0.336 e. The molecule has 1 aromatic heterocycles. The fourth-order valence-electron chi connectivity index (χ4n) is 4.69. The Morgan fingerprint density at radius 2 is 1.72 bits per heavy atom. The maximum absolute atomic E-state index is 13.3. The number of benzene rings is 2. The van der Waals surface area contributed by atoms with Crippen LogP contribution in [0.4, 0.5) is 5.69 Å². The highest BCUT2D eigenvalue weighted by Gasteiger charge is 2.37. The molecule has 0 bridgehead atoms. The number of aliphatic carboxylic acids is 2. The molecule has 0 aliphatic heterocycles. The number of aryl methyl sites for hydroxylation is 3. The van der Waals surface area contributed by atoms with Crippen molar-refractivity contribution in [2.45, 2.75) is 71.0 Å². The minimum absolute atomic E-state index is 0.162. The number of unbranched alkanes of at least 4 members (excludes halogenated alkanes) is 4. The van der Waals surface area contributed by atoms with Gasteiger partial charge in [-0.25, -0.2) is 14.6 Å². The Balaban J connectivity index is 1.44. The molecule has 3 N–H and O–H groups in total. The first kappa shape index (κ1) is 34.0. The number of rotatable bonds is 20. The van der Waals surface area contributed by atoms with Gasteiger partial charge in [0.2, 0.25) is 0 Å². The van der Waals surface area contributed by atoms with Gasteiger partial charge in [-0.15, -0.1) is 11.3 Å². The zero-order chi connectivity index (χ0) is 31.2. The van der Waals surface area contributed by atoms with Crippen LogP contribution in [0.5, 0.6) is 0 Å². The minimum atomic E-state index is -1.72. The third kappa shape index (κ3) is 11.2. The molecule has 1 heterocycles. The first-order valence-electron chi connectivity index (χ1n) is 14.7. The van der Waals surface area contributed by atoms with E-state index < -0.39 is 36.7 Å². The first-order chi connectivity index (χ1) is 20.7. The third-order valence-electron chi connectivity index (χ3n) is 7.33. The van der Waals surface area contributed by atoms with Gasteiger partial charge in [-0.2, -0.15) is 0 Å². The van der Waals surface area contributed by atoms with Crippen molar-refractivity contribution in [1.29, 1.82) is 0 Å². The molecule has 0 aliphatic rings. The lowest BCUT2D eigenvalue weighted by atomic mass is 10.0. The van der Waals surface area contributed by atoms with Gasteiger partial charge in [0.05, 0.1) is 15.7 Å². The summed E-state index contributed by atoms with van der Waals surface area (Å²) in [5.41, 5.74) is 7.59. The second kappa shape index (κ2) is 17.5. The molecule has 0 fully saturated rings. The highest BCUT2D eigenvalue weighted by Crippen LogP contribution is 2.21. The second-order valence-corrected chi connectivity index (χ2v) is 11.7. The van der Waals surface area contributed by atoms with E-state index in [-0.39, 0.29) is 6.61 Å². The largest absolute Gasteiger partial charge is 0.480 e. The van der Waals surface area contributed by atoms with Gasteiger partial charge in [-0.05, 0) is 87.3 Å². The molecular formula is C32H43N3O7S. The fourth-order valence-corrected chi connectivity index (χ4v) is 5.35. The molecule has 0 spiro atoms. The molecule has 1 amide bonds. The summed E-state index contributed by atoms with van der Waals surface area (Å²) in [6.45, 7) is 4.68. The monoisotopic (exact) mass is 613 g/mol. The molecule has 3 aromatic rings. The van der Waals surface area contributed by atoms with Crippen molar-refractivity contribution in [3.63, 3.8) is 0 Å². The van der Waals surface area contributed by atoms with E-state index in [2.05, 4.69) is 42.3 Å². The van der Waals surface area contributed by atoms with Crippen molar-refractivity contribution in [2.24, 2.45) is 0 Å². The van der Waals surface area contributed by atoms with Crippen LogP contribution in [0.1, 0.15) is 55.2 Å². The van der Waals surface area contributed by atoms with Crippen molar-refractivity contribution >= 4 is 45.1 Å². The number of carboxylic acids is 2. The average molecular weight is 614 g/mol. The third-order valence-corrected chi connectivity index (χ3v) is 8.14. The molecule has 0 radical (unpaired) electrons. The van der Waals surface area contributed by atoms with Gasteiger partial charge in [-0.1, -0.05) is 24.6 Å². The molecule has 0 aliphatic carbocycles. The summed E-state index contributed by atoms with van der Waals surface area (Å²) in [5.74, 6) is -3.30. The van der Waals surface area contributed by atoms with Gasteiger partial charge in [0.1, 0.15) is 6.61 Å². The highest BCUT2D eigenvalue weighted by molar-refractivity contribution is 7.16. The molecule has 43 heavy (non-hydrogen) atoms. The van der Waals surface area contributed by atoms with E-state index in [1.807, 2.05) is 23.7 Å².